The topological polar surface area (TPSA) is 32.7 Å². The Kier molecular flexibility index (Phi) is 16.7. The molecule has 1 aliphatic rings. The second-order valence-electron chi connectivity index (χ2n) is 11.3. The van der Waals surface area contributed by atoms with Gasteiger partial charge in [-0.3, -0.25) is 4.90 Å². The third-order valence-electron chi connectivity index (χ3n) is 5.28. The van der Waals surface area contributed by atoms with E-state index in [-0.39, 0.29) is 20.9 Å². The highest BCUT2D eigenvalue weighted by Crippen LogP contribution is 2.44. The summed E-state index contributed by atoms with van der Waals surface area (Å²) in [5.74, 6) is 2.34. The van der Waals surface area contributed by atoms with Gasteiger partial charge in [0, 0.05) is 27.8 Å². The molecule has 1 fully saturated rings. The quantitative estimate of drug-likeness (QED) is 0.271. The molecular weight excluding hydrogens is 389 g/mol. The molecule has 0 amide bonds. The van der Waals surface area contributed by atoms with Gasteiger partial charge in [0.1, 0.15) is 0 Å². The van der Waals surface area contributed by atoms with Gasteiger partial charge in [0.05, 0.1) is 12.7 Å². The molecule has 0 saturated carbocycles. The van der Waals surface area contributed by atoms with E-state index in [9.17, 15) is 5.11 Å². The lowest BCUT2D eigenvalue weighted by Gasteiger charge is -2.27. The van der Waals surface area contributed by atoms with Crippen LogP contribution in [0.25, 0.3) is 0 Å². The first-order valence-electron chi connectivity index (χ1n) is 12.3. The smallest absolute Gasteiger partial charge is 0.0860 e. The van der Waals surface area contributed by atoms with Crippen molar-refractivity contribution in [3.8, 4) is 0 Å². The van der Waals surface area contributed by atoms with Crippen molar-refractivity contribution in [2.45, 2.75) is 93.6 Å². The molecule has 0 radical (unpaired) electrons. The monoisotopic (exact) mass is 443 g/mol. The van der Waals surface area contributed by atoms with Crippen LogP contribution in [0.15, 0.2) is 12.7 Å². The van der Waals surface area contributed by atoms with Crippen LogP contribution in [0, 0.1) is 23.2 Å². The average molecular weight is 444 g/mol. The fraction of sp³-hybridized carbons (Fsp3) is 0.923. The summed E-state index contributed by atoms with van der Waals surface area (Å²) in [4.78, 5) is 2.41. The molecule has 1 N–H and O–H groups in total. The van der Waals surface area contributed by atoms with Crippen molar-refractivity contribution in [2.24, 2.45) is 23.2 Å². The predicted octanol–water partition coefficient (Wildman–Crippen LogP) is 7.19. The second kappa shape index (κ2) is 16.7. The number of aliphatic hydroxyl groups is 1. The van der Waals surface area contributed by atoms with E-state index in [1.54, 1.807) is 0 Å². The van der Waals surface area contributed by atoms with E-state index >= 15 is 0 Å². The summed E-state index contributed by atoms with van der Waals surface area (Å²) in [5, 5.41) is 9.65. The molecule has 3 unspecified atom stereocenters. The Bertz CT molecular complexity index is 420. The van der Waals surface area contributed by atoms with Crippen LogP contribution in [-0.2, 0) is 4.52 Å². The SMILES string of the molecule is C=CCN(CCC(CO)OP1CCCC(C)CC1)CC(C)C.CC(C)CC(C)(C)C. The Balaban J connectivity index is 0.000000890. The van der Waals surface area contributed by atoms with Crippen LogP contribution < -0.4 is 0 Å². The zero-order valence-electron chi connectivity index (χ0n) is 21.6. The van der Waals surface area contributed by atoms with Crippen LogP contribution in [0.4, 0.5) is 0 Å². The summed E-state index contributed by atoms with van der Waals surface area (Å²) >= 11 is 0. The van der Waals surface area contributed by atoms with Crippen LogP contribution in [-0.4, -0.2) is 54.7 Å². The number of rotatable bonds is 11. The summed E-state index contributed by atoms with van der Waals surface area (Å²) in [7, 11) is -0.324. The van der Waals surface area contributed by atoms with Gasteiger partial charge in [0.25, 0.3) is 0 Å². The fourth-order valence-corrected chi connectivity index (χ4v) is 6.53. The maximum Gasteiger partial charge on any atom is 0.0860 e. The van der Waals surface area contributed by atoms with Gasteiger partial charge in [-0.15, -0.1) is 6.58 Å². The highest BCUT2D eigenvalue weighted by atomic mass is 31.1. The molecule has 4 heteroatoms. The van der Waals surface area contributed by atoms with E-state index in [0.717, 1.165) is 37.9 Å². The number of hydrogen-bond acceptors (Lipinski definition) is 3. The van der Waals surface area contributed by atoms with Gasteiger partial charge in [0.15, 0.2) is 0 Å². The first kappa shape index (κ1) is 30.0. The van der Waals surface area contributed by atoms with Gasteiger partial charge in [-0.25, -0.2) is 0 Å². The van der Waals surface area contributed by atoms with Crippen molar-refractivity contribution in [3.05, 3.63) is 12.7 Å². The zero-order chi connectivity index (χ0) is 23.2. The molecule has 1 saturated heterocycles. The van der Waals surface area contributed by atoms with E-state index in [2.05, 4.69) is 66.9 Å². The van der Waals surface area contributed by atoms with Gasteiger partial charge in [-0.2, -0.15) is 0 Å². The van der Waals surface area contributed by atoms with Crippen LogP contribution in [0.5, 0.6) is 0 Å². The highest BCUT2D eigenvalue weighted by Gasteiger charge is 2.21. The Labute approximate surface area is 190 Å². The molecule has 1 aliphatic heterocycles. The second-order valence-corrected chi connectivity index (χ2v) is 13.3. The third-order valence-corrected chi connectivity index (χ3v) is 7.44. The molecule has 3 nitrogen and oxygen atoms in total. The summed E-state index contributed by atoms with van der Waals surface area (Å²) < 4.78 is 6.26. The van der Waals surface area contributed by atoms with E-state index in [4.69, 9.17) is 4.52 Å². The molecule has 1 heterocycles. The Hall–Kier alpha value is 0.0500. The first-order chi connectivity index (χ1) is 14.0. The van der Waals surface area contributed by atoms with Crippen molar-refractivity contribution in [3.63, 3.8) is 0 Å². The number of nitrogens with zero attached hydrogens (tertiary/aromatic N) is 1. The summed E-state index contributed by atoms with van der Waals surface area (Å²) in [6.07, 6.45) is 10.6. The summed E-state index contributed by atoms with van der Waals surface area (Å²) in [6, 6.07) is 0. The van der Waals surface area contributed by atoms with E-state index in [1.165, 1.54) is 38.0 Å². The fourth-order valence-electron chi connectivity index (χ4n) is 4.24. The minimum Gasteiger partial charge on any atom is -0.394 e. The molecule has 0 spiro atoms. The van der Waals surface area contributed by atoms with E-state index < -0.39 is 0 Å². The predicted molar refractivity (Wildman–Crippen MR) is 137 cm³/mol. The van der Waals surface area contributed by atoms with Crippen LogP contribution in [0.1, 0.15) is 87.5 Å². The van der Waals surface area contributed by atoms with Crippen LogP contribution in [0.3, 0.4) is 0 Å². The van der Waals surface area contributed by atoms with Crippen molar-refractivity contribution in [1.29, 1.82) is 0 Å². The van der Waals surface area contributed by atoms with Gasteiger partial charge < -0.3 is 9.63 Å². The van der Waals surface area contributed by atoms with E-state index in [1.807, 2.05) is 6.08 Å². The molecule has 0 aromatic rings. The normalized spacial score (nSPS) is 21.3. The number of hydrogen-bond donors (Lipinski definition) is 1. The van der Waals surface area contributed by atoms with Crippen molar-refractivity contribution >= 4 is 8.15 Å². The maximum absolute atomic E-state index is 9.65. The van der Waals surface area contributed by atoms with Crippen molar-refractivity contribution in [2.75, 3.05) is 38.6 Å². The molecule has 30 heavy (non-hydrogen) atoms. The van der Waals surface area contributed by atoms with Gasteiger partial charge in [-0.05, 0) is 61.2 Å². The number of aliphatic hydroxyl groups excluding tert-OH is 1. The van der Waals surface area contributed by atoms with Crippen molar-refractivity contribution < 1.29 is 9.63 Å². The molecule has 0 bridgehead atoms. The van der Waals surface area contributed by atoms with Gasteiger partial charge in [-0.1, -0.05) is 67.9 Å². The summed E-state index contributed by atoms with van der Waals surface area (Å²) in [6.45, 7) is 25.2. The van der Waals surface area contributed by atoms with Gasteiger partial charge in [0.2, 0.25) is 0 Å². The molecule has 0 aromatic heterocycles. The minimum absolute atomic E-state index is 0.0130. The molecular formula is C26H54NO2P. The average Bonchev–Trinajstić information content (AvgIpc) is 2.80. The standard InChI is InChI=1S/C18H36NO2P.C8H18/c1-5-10-19(14-16(2)3)11-8-18(15-20)21-22-12-6-7-17(4)9-13-22;1-7(2)6-8(3,4)5/h5,16-18,20H,1,6-15H2,2-4H3;7H,6H2,1-5H3. The lowest BCUT2D eigenvalue weighted by Crippen LogP contribution is -2.32. The molecule has 3 atom stereocenters. The maximum atomic E-state index is 9.65. The first-order valence-corrected chi connectivity index (χ1v) is 14.0. The van der Waals surface area contributed by atoms with E-state index in [0.29, 0.717) is 11.3 Å². The lowest BCUT2D eigenvalue weighted by molar-refractivity contribution is 0.106. The van der Waals surface area contributed by atoms with Crippen LogP contribution >= 0.6 is 8.15 Å². The van der Waals surface area contributed by atoms with Crippen LogP contribution in [0.2, 0.25) is 0 Å². The molecule has 0 aliphatic carbocycles. The largest absolute Gasteiger partial charge is 0.394 e. The third kappa shape index (κ3) is 17.7. The Morgan fingerprint density at radius 3 is 2.27 bits per heavy atom. The molecule has 1 rings (SSSR count). The minimum atomic E-state index is -0.324. The Morgan fingerprint density at radius 1 is 1.13 bits per heavy atom. The molecule has 0 aromatic carbocycles. The highest BCUT2D eigenvalue weighted by molar-refractivity contribution is 7.52. The lowest BCUT2D eigenvalue weighted by atomic mass is 9.86. The summed E-state index contributed by atoms with van der Waals surface area (Å²) in [5.41, 5.74) is 0.522. The van der Waals surface area contributed by atoms with Gasteiger partial charge >= 0.3 is 0 Å². The van der Waals surface area contributed by atoms with Crippen molar-refractivity contribution in [1.82, 2.24) is 4.90 Å². The zero-order valence-corrected chi connectivity index (χ0v) is 22.5. The Morgan fingerprint density at radius 2 is 1.80 bits per heavy atom. The molecule has 180 valence electrons.